The average Bonchev–Trinajstić information content (AvgIpc) is 2.58. The SMILES string of the molecule is CCCn1cc(S(=O)(=O)NCC(C)(C)O)nc1C. The second-order valence-corrected chi connectivity index (χ2v) is 6.67. The molecule has 1 heterocycles. The molecule has 0 saturated carbocycles. The quantitative estimate of drug-likeness (QED) is 0.798. The molecule has 104 valence electrons. The van der Waals surface area contributed by atoms with Crippen molar-refractivity contribution < 1.29 is 13.5 Å². The molecule has 0 aliphatic rings. The van der Waals surface area contributed by atoms with Crippen LogP contribution in [-0.2, 0) is 16.6 Å². The van der Waals surface area contributed by atoms with Crippen molar-refractivity contribution in [1.82, 2.24) is 14.3 Å². The summed E-state index contributed by atoms with van der Waals surface area (Å²) in [5.41, 5.74) is -1.09. The number of sulfonamides is 1. The van der Waals surface area contributed by atoms with Crippen molar-refractivity contribution in [2.45, 2.75) is 51.3 Å². The molecular formula is C11H21N3O3S. The van der Waals surface area contributed by atoms with Gasteiger partial charge >= 0.3 is 0 Å². The van der Waals surface area contributed by atoms with E-state index in [1.807, 2.05) is 6.92 Å². The molecule has 0 saturated heterocycles. The fourth-order valence-corrected chi connectivity index (χ4v) is 2.63. The van der Waals surface area contributed by atoms with Crippen LogP contribution in [0.3, 0.4) is 0 Å². The van der Waals surface area contributed by atoms with Gasteiger partial charge in [0.05, 0.1) is 5.60 Å². The Balaban J connectivity index is 2.88. The van der Waals surface area contributed by atoms with E-state index in [1.54, 1.807) is 11.5 Å². The maximum atomic E-state index is 12.0. The molecule has 1 rings (SSSR count). The van der Waals surface area contributed by atoms with E-state index in [-0.39, 0.29) is 11.6 Å². The molecule has 0 aromatic carbocycles. The molecule has 0 aliphatic heterocycles. The Kier molecular flexibility index (Phi) is 4.52. The Hall–Kier alpha value is -0.920. The summed E-state index contributed by atoms with van der Waals surface area (Å²) in [4.78, 5) is 4.03. The lowest BCUT2D eigenvalue weighted by Crippen LogP contribution is -2.38. The van der Waals surface area contributed by atoms with Crippen molar-refractivity contribution in [1.29, 1.82) is 0 Å². The summed E-state index contributed by atoms with van der Waals surface area (Å²) in [7, 11) is -3.66. The molecule has 7 heteroatoms. The Morgan fingerprint density at radius 1 is 1.50 bits per heavy atom. The van der Waals surface area contributed by atoms with E-state index in [0.29, 0.717) is 5.82 Å². The van der Waals surface area contributed by atoms with E-state index < -0.39 is 15.6 Å². The predicted molar refractivity (Wildman–Crippen MR) is 68.7 cm³/mol. The molecular weight excluding hydrogens is 254 g/mol. The van der Waals surface area contributed by atoms with Crippen LogP contribution in [0.5, 0.6) is 0 Å². The number of hydrogen-bond acceptors (Lipinski definition) is 4. The third kappa shape index (κ3) is 4.08. The van der Waals surface area contributed by atoms with E-state index in [4.69, 9.17) is 0 Å². The molecule has 0 spiro atoms. The second-order valence-electron chi connectivity index (χ2n) is 4.96. The lowest BCUT2D eigenvalue weighted by molar-refractivity contribution is 0.0857. The van der Waals surface area contributed by atoms with Gasteiger partial charge < -0.3 is 9.67 Å². The van der Waals surface area contributed by atoms with E-state index in [9.17, 15) is 13.5 Å². The topological polar surface area (TPSA) is 84.2 Å². The summed E-state index contributed by atoms with van der Waals surface area (Å²) in [5, 5.41) is 9.52. The summed E-state index contributed by atoms with van der Waals surface area (Å²) in [5.74, 6) is 0.667. The van der Waals surface area contributed by atoms with Gasteiger partial charge in [-0.15, -0.1) is 0 Å². The Morgan fingerprint density at radius 2 is 2.11 bits per heavy atom. The summed E-state index contributed by atoms with van der Waals surface area (Å²) in [6, 6.07) is 0. The van der Waals surface area contributed by atoms with Gasteiger partial charge in [0.2, 0.25) is 0 Å². The number of aryl methyl sites for hydroxylation is 2. The maximum Gasteiger partial charge on any atom is 0.259 e. The smallest absolute Gasteiger partial charge is 0.259 e. The van der Waals surface area contributed by atoms with Crippen LogP contribution < -0.4 is 4.72 Å². The van der Waals surface area contributed by atoms with Gasteiger partial charge in [0.25, 0.3) is 10.0 Å². The van der Waals surface area contributed by atoms with Crippen LogP contribution in [0.15, 0.2) is 11.2 Å². The van der Waals surface area contributed by atoms with Crippen molar-refractivity contribution in [2.75, 3.05) is 6.54 Å². The fourth-order valence-electron chi connectivity index (χ4n) is 1.42. The van der Waals surface area contributed by atoms with Crippen LogP contribution >= 0.6 is 0 Å². The zero-order valence-electron chi connectivity index (χ0n) is 11.3. The first-order valence-electron chi connectivity index (χ1n) is 5.91. The molecule has 0 radical (unpaired) electrons. The highest BCUT2D eigenvalue weighted by atomic mass is 32.2. The standard InChI is InChI=1S/C11H21N3O3S/c1-5-6-14-7-10(13-9(14)2)18(16,17)12-8-11(3,4)15/h7,12,15H,5-6,8H2,1-4H3. The first-order chi connectivity index (χ1) is 8.15. The van der Waals surface area contributed by atoms with Gasteiger partial charge in [-0.3, -0.25) is 0 Å². The third-order valence-corrected chi connectivity index (χ3v) is 3.66. The minimum Gasteiger partial charge on any atom is -0.389 e. The van der Waals surface area contributed by atoms with Crippen LogP contribution in [0.1, 0.15) is 33.0 Å². The van der Waals surface area contributed by atoms with Crippen LogP contribution in [0.4, 0.5) is 0 Å². The maximum absolute atomic E-state index is 12.0. The van der Waals surface area contributed by atoms with Gasteiger partial charge in [-0.2, -0.15) is 0 Å². The molecule has 0 atom stereocenters. The molecule has 2 N–H and O–H groups in total. The first-order valence-corrected chi connectivity index (χ1v) is 7.40. The van der Waals surface area contributed by atoms with Crippen molar-refractivity contribution >= 4 is 10.0 Å². The Bertz CT molecular complexity index is 500. The number of nitrogens with one attached hydrogen (secondary N) is 1. The summed E-state index contributed by atoms with van der Waals surface area (Å²) in [6.07, 6.45) is 2.43. The monoisotopic (exact) mass is 275 g/mol. The zero-order valence-corrected chi connectivity index (χ0v) is 12.1. The highest BCUT2D eigenvalue weighted by molar-refractivity contribution is 7.89. The van der Waals surface area contributed by atoms with Crippen LogP contribution in [-0.4, -0.2) is 35.2 Å². The predicted octanol–water partition coefficient (Wildman–Crippen LogP) is 0.651. The lowest BCUT2D eigenvalue weighted by Gasteiger charge is -2.16. The second kappa shape index (κ2) is 5.38. The molecule has 0 fully saturated rings. The average molecular weight is 275 g/mol. The van der Waals surface area contributed by atoms with Gasteiger partial charge in [-0.05, 0) is 27.2 Å². The van der Waals surface area contributed by atoms with E-state index in [2.05, 4.69) is 9.71 Å². The van der Waals surface area contributed by atoms with Crippen molar-refractivity contribution in [2.24, 2.45) is 0 Å². The molecule has 0 amide bonds. The fraction of sp³-hybridized carbons (Fsp3) is 0.727. The molecule has 1 aromatic rings. The van der Waals surface area contributed by atoms with Crippen molar-refractivity contribution in [3.8, 4) is 0 Å². The van der Waals surface area contributed by atoms with Crippen LogP contribution in [0.2, 0.25) is 0 Å². The Labute approximate surface area is 108 Å². The first kappa shape index (κ1) is 15.1. The van der Waals surface area contributed by atoms with Gasteiger partial charge in [-0.1, -0.05) is 6.92 Å². The lowest BCUT2D eigenvalue weighted by atomic mass is 10.1. The van der Waals surface area contributed by atoms with Gasteiger partial charge in [0.15, 0.2) is 5.03 Å². The molecule has 0 unspecified atom stereocenters. The van der Waals surface area contributed by atoms with E-state index in [1.165, 1.54) is 20.0 Å². The molecule has 0 bridgehead atoms. The number of imidazole rings is 1. The molecule has 1 aromatic heterocycles. The van der Waals surface area contributed by atoms with Crippen molar-refractivity contribution in [3.05, 3.63) is 12.0 Å². The Morgan fingerprint density at radius 3 is 2.61 bits per heavy atom. The third-order valence-electron chi connectivity index (χ3n) is 2.39. The normalized spacial score (nSPS) is 12.9. The minimum absolute atomic E-state index is 0.00213. The van der Waals surface area contributed by atoms with Gasteiger partial charge in [0.1, 0.15) is 5.82 Å². The van der Waals surface area contributed by atoms with Crippen LogP contribution in [0.25, 0.3) is 0 Å². The highest BCUT2D eigenvalue weighted by Crippen LogP contribution is 2.10. The molecule has 18 heavy (non-hydrogen) atoms. The van der Waals surface area contributed by atoms with Gasteiger partial charge in [-0.25, -0.2) is 18.1 Å². The van der Waals surface area contributed by atoms with E-state index in [0.717, 1.165) is 13.0 Å². The van der Waals surface area contributed by atoms with E-state index >= 15 is 0 Å². The minimum atomic E-state index is -3.66. The number of rotatable bonds is 6. The number of aliphatic hydroxyl groups is 1. The largest absolute Gasteiger partial charge is 0.389 e. The molecule has 0 aliphatic carbocycles. The zero-order chi connectivity index (χ0) is 14.0. The van der Waals surface area contributed by atoms with Crippen molar-refractivity contribution in [3.63, 3.8) is 0 Å². The summed E-state index contributed by atoms with van der Waals surface area (Å²) < 4.78 is 28.0. The molecule has 6 nitrogen and oxygen atoms in total. The van der Waals surface area contributed by atoms with Gasteiger partial charge in [0, 0.05) is 19.3 Å². The summed E-state index contributed by atoms with van der Waals surface area (Å²) in [6.45, 7) is 7.55. The number of nitrogens with zero attached hydrogens (tertiary/aromatic N) is 2. The summed E-state index contributed by atoms with van der Waals surface area (Å²) >= 11 is 0. The number of hydrogen-bond donors (Lipinski definition) is 2. The number of aromatic nitrogens is 2. The highest BCUT2D eigenvalue weighted by Gasteiger charge is 2.22. The van der Waals surface area contributed by atoms with Crippen LogP contribution in [0, 0.1) is 6.92 Å².